The fourth-order valence-electron chi connectivity index (χ4n) is 4.88. The van der Waals surface area contributed by atoms with E-state index in [0.717, 1.165) is 45.3 Å². The van der Waals surface area contributed by atoms with Gasteiger partial charge in [0.15, 0.2) is 11.5 Å². The predicted molar refractivity (Wildman–Crippen MR) is 158 cm³/mol. The summed E-state index contributed by atoms with van der Waals surface area (Å²) in [4.78, 5) is 18.9. The molecule has 222 valence electrons. The van der Waals surface area contributed by atoms with Crippen molar-refractivity contribution in [3.63, 3.8) is 0 Å². The lowest BCUT2D eigenvalue weighted by Gasteiger charge is -2.31. The Kier molecular flexibility index (Phi) is 11.0. The number of aliphatic hydroxyl groups excluding tert-OH is 1. The minimum atomic E-state index is -0.606. The molecule has 0 bridgehead atoms. The molecule has 1 fully saturated rings. The first-order chi connectivity index (χ1) is 19.9. The second-order valence-electron chi connectivity index (χ2n) is 10.8. The zero-order chi connectivity index (χ0) is 29.2. The van der Waals surface area contributed by atoms with Crippen molar-refractivity contribution in [3.05, 3.63) is 48.4 Å². The molecule has 10 heteroatoms. The molecule has 9 nitrogen and oxygen atoms in total. The Morgan fingerprint density at radius 3 is 2.66 bits per heavy atom. The molecule has 0 radical (unpaired) electrons. The summed E-state index contributed by atoms with van der Waals surface area (Å²) in [5.41, 5.74) is 0.719. The molecular weight excluding hydrogens is 527 g/mol. The number of nitrogens with one attached hydrogen (secondary N) is 2. The molecule has 0 saturated carbocycles. The second-order valence-corrected chi connectivity index (χ2v) is 10.8. The van der Waals surface area contributed by atoms with Gasteiger partial charge in [-0.2, -0.15) is 0 Å². The zero-order valence-electron chi connectivity index (χ0n) is 24.1. The number of aromatic nitrogens is 1. The van der Waals surface area contributed by atoms with Crippen molar-refractivity contribution in [2.45, 2.75) is 39.5 Å². The van der Waals surface area contributed by atoms with Crippen LogP contribution in [0.15, 0.2) is 42.6 Å². The van der Waals surface area contributed by atoms with Crippen LogP contribution < -0.4 is 24.8 Å². The Morgan fingerprint density at radius 2 is 1.95 bits per heavy atom. The molecule has 2 aromatic carbocycles. The van der Waals surface area contributed by atoms with Gasteiger partial charge in [-0.25, -0.2) is 9.18 Å². The van der Waals surface area contributed by atoms with Gasteiger partial charge < -0.3 is 30.0 Å². The van der Waals surface area contributed by atoms with Crippen molar-refractivity contribution < 1.29 is 28.5 Å². The van der Waals surface area contributed by atoms with Gasteiger partial charge in [0.25, 0.3) is 0 Å². The summed E-state index contributed by atoms with van der Waals surface area (Å²) >= 11 is 0. The van der Waals surface area contributed by atoms with Gasteiger partial charge in [0.2, 0.25) is 0 Å². The lowest BCUT2D eigenvalue weighted by atomic mass is 9.94. The highest BCUT2D eigenvalue weighted by Gasteiger charge is 2.19. The van der Waals surface area contributed by atoms with Gasteiger partial charge in [0.05, 0.1) is 18.3 Å². The average molecular weight is 569 g/mol. The number of carbonyl (C=O) groups excluding carboxylic acids is 1. The van der Waals surface area contributed by atoms with Crippen LogP contribution in [0.3, 0.4) is 0 Å². The highest BCUT2D eigenvalue weighted by Crippen LogP contribution is 2.37. The zero-order valence-corrected chi connectivity index (χ0v) is 24.1. The Hall–Kier alpha value is -3.63. The molecular formula is C31H41FN4O5. The van der Waals surface area contributed by atoms with Crippen molar-refractivity contribution in [3.8, 4) is 23.0 Å². The summed E-state index contributed by atoms with van der Waals surface area (Å²) in [7, 11) is 1.58. The van der Waals surface area contributed by atoms with Crippen LogP contribution >= 0.6 is 0 Å². The van der Waals surface area contributed by atoms with Gasteiger partial charge in [0.1, 0.15) is 23.9 Å². The molecule has 4 rings (SSSR count). The third kappa shape index (κ3) is 8.68. The molecule has 0 atom stereocenters. The van der Waals surface area contributed by atoms with Crippen molar-refractivity contribution in [1.29, 1.82) is 0 Å². The summed E-state index contributed by atoms with van der Waals surface area (Å²) < 4.78 is 32.5. The van der Waals surface area contributed by atoms with Crippen LogP contribution in [0.1, 0.15) is 39.5 Å². The van der Waals surface area contributed by atoms with Crippen LogP contribution in [0.25, 0.3) is 10.9 Å². The molecule has 1 aliphatic rings. The Balaban J connectivity index is 1.39. The molecule has 41 heavy (non-hydrogen) atoms. The molecule has 2 amide bonds. The van der Waals surface area contributed by atoms with E-state index in [1.807, 2.05) is 6.07 Å². The molecule has 3 N–H and O–H groups in total. The maximum Gasteiger partial charge on any atom is 0.319 e. The number of hydrogen-bond acceptors (Lipinski definition) is 7. The quantitative estimate of drug-likeness (QED) is 0.239. The third-order valence-corrected chi connectivity index (χ3v) is 7.32. The number of aliphatic hydroxyl groups is 1. The first-order valence-electron chi connectivity index (χ1n) is 14.3. The smallest absolute Gasteiger partial charge is 0.319 e. The van der Waals surface area contributed by atoms with Crippen LogP contribution in [0.5, 0.6) is 23.0 Å². The van der Waals surface area contributed by atoms with E-state index in [0.29, 0.717) is 53.1 Å². The molecule has 0 unspecified atom stereocenters. The van der Waals surface area contributed by atoms with Gasteiger partial charge in [-0.05, 0) is 74.9 Å². The number of piperidine rings is 1. The van der Waals surface area contributed by atoms with E-state index in [2.05, 4.69) is 34.4 Å². The summed E-state index contributed by atoms with van der Waals surface area (Å²) in [6, 6.07) is 9.18. The fraction of sp³-hybridized carbons (Fsp3) is 0.484. The second kappa shape index (κ2) is 14.8. The number of carbonyl (C=O) groups is 1. The van der Waals surface area contributed by atoms with Crippen molar-refractivity contribution in [2.75, 3.05) is 51.8 Å². The fourth-order valence-corrected chi connectivity index (χ4v) is 4.88. The van der Waals surface area contributed by atoms with Crippen LogP contribution in [0, 0.1) is 17.7 Å². The van der Waals surface area contributed by atoms with Gasteiger partial charge in [0, 0.05) is 43.4 Å². The van der Waals surface area contributed by atoms with Crippen LogP contribution in [0.4, 0.5) is 14.9 Å². The summed E-state index contributed by atoms with van der Waals surface area (Å²) in [5.74, 6) is 2.37. The highest BCUT2D eigenvalue weighted by atomic mass is 19.1. The lowest BCUT2D eigenvalue weighted by molar-refractivity contribution is 0.138. The highest BCUT2D eigenvalue weighted by molar-refractivity contribution is 5.90. The Bertz CT molecular complexity index is 1300. The monoisotopic (exact) mass is 568 g/mol. The first-order valence-corrected chi connectivity index (χ1v) is 14.3. The number of nitrogens with zero attached hydrogens (tertiary/aromatic N) is 2. The predicted octanol–water partition coefficient (Wildman–Crippen LogP) is 5.82. The first kappa shape index (κ1) is 30.3. The normalized spacial score (nSPS) is 14.3. The van der Waals surface area contributed by atoms with E-state index in [9.17, 15) is 9.18 Å². The third-order valence-electron chi connectivity index (χ3n) is 7.32. The number of methoxy groups -OCH3 is 1. The van der Waals surface area contributed by atoms with E-state index >= 15 is 0 Å². The number of anilines is 1. The SMILES string of the molecule is COc1cc2c(Oc3ccc(NC(=O)NCCC(C)C)c(F)c3)ccnc2cc1OCCN1CCC(CCO)CC1. The van der Waals surface area contributed by atoms with Crippen molar-refractivity contribution in [2.24, 2.45) is 11.8 Å². The molecule has 2 heterocycles. The molecule has 1 aromatic heterocycles. The Morgan fingerprint density at radius 1 is 1.15 bits per heavy atom. The van der Waals surface area contributed by atoms with Gasteiger partial charge in [-0.3, -0.25) is 9.88 Å². The van der Waals surface area contributed by atoms with E-state index in [-0.39, 0.29) is 18.0 Å². The minimum Gasteiger partial charge on any atom is -0.493 e. The summed E-state index contributed by atoms with van der Waals surface area (Å²) in [6.07, 6.45) is 5.55. The summed E-state index contributed by atoms with van der Waals surface area (Å²) in [5, 5.41) is 15.1. The number of amides is 2. The van der Waals surface area contributed by atoms with E-state index in [4.69, 9.17) is 19.3 Å². The molecule has 1 aliphatic heterocycles. The molecule has 0 aliphatic carbocycles. The lowest BCUT2D eigenvalue weighted by Crippen LogP contribution is -2.36. The number of halogens is 1. The number of hydrogen-bond donors (Lipinski definition) is 3. The standard InChI is InChI=1S/C31H41FN4O5/c1-21(2)6-11-34-31(38)35-26-5-4-23(18-25(26)32)41-28-7-12-33-27-20-30(29(39-3)19-24(27)28)40-17-15-36-13-8-22(9-14-36)10-16-37/h4-5,7,12,18-22,37H,6,8-11,13-17H2,1-3H3,(H2,34,35,38). The van der Waals surface area contributed by atoms with Gasteiger partial charge in [-0.1, -0.05) is 13.8 Å². The minimum absolute atomic E-state index is 0.0666. The Labute approximate surface area is 241 Å². The van der Waals surface area contributed by atoms with Crippen LogP contribution in [-0.4, -0.2) is 67.5 Å². The number of urea groups is 1. The molecule has 0 spiro atoms. The van der Waals surface area contributed by atoms with E-state index in [1.54, 1.807) is 31.5 Å². The number of benzene rings is 2. The van der Waals surface area contributed by atoms with Gasteiger partial charge >= 0.3 is 6.03 Å². The van der Waals surface area contributed by atoms with Gasteiger partial charge in [-0.15, -0.1) is 0 Å². The molecule has 3 aromatic rings. The average Bonchev–Trinajstić information content (AvgIpc) is 2.95. The number of rotatable bonds is 13. The number of ether oxygens (including phenoxy) is 3. The topological polar surface area (TPSA) is 105 Å². The maximum atomic E-state index is 14.8. The van der Waals surface area contributed by atoms with E-state index < -0.39 is 11.8 Å². The van der Waals surface area contributed by atoms with Crippen LogP contribution in [0.2, 0.25) is 0 Å². The number of pyridine rings is 1. The molecule has 1 saturated heterocycles. The number of likely N-dealkylation sites (tertiary alicyclic amines) is 1. The summed E-state index contributed by atoms with van der Waals surface area (Å²) in [6.45, 7) is 8.25. The largest absolute Gasteiger partial charge is 0.493 e. The maximum absolute atomic E-state index is 14.8. The van der Waals surface area contributed by atoms with Crippen molar-refractivity contribution >= 4 is 22.6 Å². The van der Waals surface area contributed by atoms with Crippen LogP contribution in [-0.2, 0) is 0 Å². The van der Waals surface area contributed by atoms with Crippen molar-refractivity contribution in [1.82, 2.24) is 15.2 Å². The number of fused-ring (bicyclic) bond motifs is 1. The van der Waals surface area contributed by atoms with E-state index in [1.165, 1.54) is 12.1 Å².